The standard InChI is InChI=1S/C22H19ClN2O6S/c1-3-30-22(27)20-19(14-8-10-15(11-9-14)25(28)29)13(2)32-21(20)24-18(26)12-31-17-7-5-4-6-16(17)23/h4-11H,3,12H2,1-2H3,(H,24,26). The van der Waals surface area contributed by atoms with Crippen LogP contribution in [0.15, 0.2) is 48.5 Å². The van der Waals surface area contributed by atoms with Crippen molar-refractivity contribution in [3.8, 4) is 16.9 Å². The number of nitro groups is 1. The highest BCUT2D eigenvalue weighted by molar-refractivity contribution is 7.17. The number of hydrogen-bond acceptors (Lipinski definition) is 7. The first-order valence-corrected chi connectivity index (χ1v) is 10.7. The van der Waals surface area contributed by atoms with E-state index in [1.54, 1.807) is 50.2 Å². The molecule has 10 heteroatoms. The quantitative estimate of drug-likeness (QED) is 0.263. The summed E-state index contributed by atoms with van der Waals surface area (Å²) in [5, 5.41) is 14.3. The average Bonchev–Trinajstić information content (AvgIpc) is 3.08. The Morgan fingerprint density at radius 2 is 1.84 bits per heavy atom. The van der Waals surface area contributed by atoms with Gasteiger partial charge in [0.2, 0.25) is 0 Å². The fourth-order valence-corrected chi connectivity index (χ4v) is 4.27. The van der Waals surface area contributed by atoms with E-state index in [-0.39, 0.29) is 24.5 Å². The Kier molecular flexibility index (Phi) is 7.45. The number of hydrogen-bond donors (Lipinski definition) is 1. The molecule has 0 aliphatic heterocycles. The summed E-state index contributed by atoms with van der Waals surface area (Å²) in [6.45, 7) is 3.31. The van der Waals surface area contributed by atoms with Gasteiger partial charge in [0.1, 0.15) is 16.3 Å². The topological polar surface area (TPSA) is 108 Å². The highest BCUT2D eigenvalue weighted by Crippen LogP contribution is 2.40. The highest BCUT2D eigenvalue weighted by Gasteiger charge is 2.26. The SMILES string of the molecule is CCOC(=O)c1c(NC(=O)COc2ccccc2Cl)sc(C)c1-c1ccc([N+](=O)[O-])cc1. The van der Waals surface area contributed by atoms with Gasteiger partial charge >= 0.3 is 5.97 Å². The second kappa shape index (κ2) is 10.3. The number of esters is 1. The minimum Gasteiger partial charge on any atom is -0.482 e. The molecule has 1 heterocycles. The zero-order valence-electron chi connectivity index (χ0n) is 17.2. The minimum absolute atomic E-state index is 0.0652. The molecule has 32 heavy (non-hydrogen) atoms. The van der Waals surface area contributed by atoms with Crippen LogP contribution in [-0.2, 0) is 9.53 Å². The van der Waals surface area contributed by atoms with Crippen LogP contribution >= 0.6 is 22.9 Å². The molecule has 2 aromatic carbocycles. The van der Waals surface area contributed by atoms with Gasteiger partial charge in [-0.2, -0.15) is 0 Å². The van der Waals surface area contributed by atoms with E-state index in [2.05, 4.69) is 5.32 Å². The second-order valence-corrected chi connectivity index (χ2v) is 8.16. The molecule has 0 radical (unpaired) electrons. The number of ether oxygens (including phenoxy) is 2. The lowest BCUT2D eigenvalue weighted by Crippen LogP contribution is -2.21. The molecule has 0 saturated carbocycles. The zero-order chi connectivity index (χ0) is 23.3. The Morgan fingerprint density at radius 1 is 1.16 bits per heavy atom. The van der Waals surface area contributed by atoms with Gasteiger partial charge in [-0.3, -0.25) is 14.9 Å². The highest BCUT2D eigenvalue weighted by atomic mass is 35.5. The third-order valence-electron chi connectivity index (χ3n) is 4.38. The van der Waals surface area contributed by atoms with E-state index in [4.69, 9.17) is 21.1 Å². The normalized spacial score (nSPS) is 10.5. The number of benzene rings is 2. The lowest BCUT2D eigenvalue weighted by atomic mass is 10.0. The first-order chi connectivity index (χ1) is 15.3. The third kappa shape index (κ3) is 5.24. The number of non-ortho nitro benzene ring substituents is 1. The number of thiophene rings is 1. The first kappa shape index (κ1) is 23.2. The van der Waals surface area contributed by atoms with Crippen LogP contribution in [0.5, 0.6) is 5.75 Å². The number of rotatable bonds is 8. The Hall–Kier alpha value is -3.43. The van der Waals surface area contributed by atoms with E-state index >= 15 is 0 Å². The summed E-state index contributed by atoms with van der Waals surface area (Å²) in [6, 6.07) is 12.6. The summed E-state index contributed by atoms with van der Waals surface area (Å²) < 4.78 is 10.6. The van der Waals surface area contributed by atoms with Gasteiger partial charge in [-0.15, -0.1) is 11.3 Å². The number of amides is 1. The van der Waals surface area contributed by atoms with Crippen LogP contribution in [-0.4, -0.2) is 30.0 Å². The van der Waals surface area contributed by atoms with Crippen molar-refractivity contribution < 1.29 is 24.0 Å². The molecule has 166 valence electrons. The lowest BCUT2D eigenvalue weighted by Gasteiger charge is -2.10. The Labute approximate surface area is 192 Å². The van der Waals surface area contributed by atoms with Crippen molar-refractivity contribution in [3.63, 3.8) is 0 Å². The molecule has 3 aromatic rings. The third-order valence-corrected chi connectivity index (χ3v) is 5.71. The molecule has 0 aliphatic rings. The Balaban J connectivity index is 1.89. The van der Waals surface area contributed by atoms with Crippen LogP contribution in [0.25, 0.3) is 11.1 Å². The monoisotopic (exact) mass is 474 g/mol. The number of carbonyl (C=O) groups excluding carboxylic acids is 2. The maximum Gasteiger partial charge on any atom is 0.341 e. The van der Waals surface area contributed by atoms with Gasteiger partial charge in [0.05, 0.1) is 16.6 Å². The van der Waals surface area contributed by atoms with Crippen LogP contribution in [0.2, 0.25) is 5.02 Å². The van der Waals surface area contributed by atoms with Crippen LogP contribution in [0.4, 0.5) is 10.7 Å². The van der Waals surface area contributed by atoms with Gasteiger partial charge in [0.25, 0.3) is 11.6 Å². The fourth-order valence-electron chi connectivity index (χ4n) is 3.00. The van der Waals surface area contributed by atoms with E-state index in [0.29, 0.717) is 26.9 Å². The van der Waals surface area contributed by atoms with E-state index in [9.17, 15) is 19.7 Å². The number of nitrogens with one attached hydrogen (secondary N) is 1. The number of anilines is 1. The fraction of sp³-hybridized carbons (Fsp3) is 0.182. The average molecular weight is 475 g/mol. The molecule has 0 unspecified atom stereocenters. The maximum absolute atomic E-state index is 12.7. The molecule has 3 rings (SSSR count). The summed E-state index contributed by atoms with van der Waals surface area (Å²) in [5.41, 5.74) is 1.27. The predicted octanol–water partition coefficient (Wildman–Crippen LogP) is 5.48. The van der Waals surface area contributed by atoms with Gasteiger partial charge in [0.15, 0.2) is 6.61 Å². The maximum atomic E-state index is 12.7. The van der Waals surface area contributed by atoms with E-state index in [1.165, 1.54) is 23.5 Å². The molecular formula is C22H19ClN2O6S. The van der Waals surface area contributed by atoms with Crippen molar-refractivity contribution >= 4 is 45.5 Å². The van der Waals surface area contributed by atoms with Gasteiger partial charge in [-0.05, 0) is 43.7 Å². The van der Waals surface area contributed by atoms with Gasteiger partial charge in [-0.25, -0.2) is 4.79 Å². The molecule has 0 aliphatic carbocycles. The predicted molar refractivity (Wildman–Crippen MR) is 123 cm³/mol. The van der Waals surface area contributed by atoms with Crippen molar-refractivity contribution in [2.24, 2.45) is 0 Å². The smallest absolute Gasteiger partial charge is 0.341 e. The number of halogens is 1. The summed E-state index contributed by atoms with van der Waals surface area (Å²) in [4.78, 5) is 36.4. The number of carbonyl (C=O) groups is 2. The number of para-hydroxylation sites is 1. The van der Waals surface area contributed by atoms with E-state index in [1.807, 2.05) is 0 Å². The van der Waals surface area contributed by atoms with Crippen LogP contribution in [0.1, 0.15) is 22.2 Å². The second-order valence-electron chi connectivity index (χ2n) is 6.53. The van der Waals surface area contributed by atoms with Crippen molar-refractivity contribution in [2.75, 3.05) is 18.5 Å². The summed E-state index contributed by atoms with van der Waals surface area (Å²) in [5.74, 6) is -0.719. The lowest BCUT2D eigenvalue weighted by molar-refractivity contribution is -0.384. The number of nitro benzene ring substituents is 1. The number of aryl methyl sites for hydroxylation is 1. The molecule has 1 N–H and O–H groups in total. The molecule has 0 bridgehead atoms. The van der Waals surface area contributed by atoms with E-state index < -0.39 is 16.8 Å². The molecule has 8 nitrogen and oxygen atoms in total. The van der Waals surface area contributed by atoms with Gasteiger partial charge in [0, 0.05) is 22.6 Å². The molecule has 1 amide bonds. The number of nitrogens with zero attached hydrogens (tertiary/aromatic N) is 1. The van der Waals surface area contributed by atoms with Crippen LogP contribution in [0.3, 0.4) is 0 Å². The molecule has 0 spiro atoms. The molecule has 0 fully saturated rings. The van der Waals surface area contributed by atoms with Crippen molar-refractivity contribution in [2.45, 2.75) is 13.8 Å². The molecular weight excluding hydrogens is 456 g/mol. The summed E-state index contributed by atoms with van der Waals surface area (Å²) in [7, 11) is 0. The largest absolute Gasteiger partial charge is 0.482 e. The van der Waals surface area contributed by atoms with Crippen LogP contribution in [0, 0.1) is 17.0 Å². The molecule has 0 atom stereocenters. The molecule has 0 saturated heterocycles. The first-order valence-electron chi connectivity index (χ1n) is 9.54. The van der Waals surface area contributed by atoms with Crippen LogP contribution < -0.4 is 10.1 Å². The minimum atomic E-state index is -0.604. The summed E-state index contributed by atoms with van der Waals surface area (Å²) in [6.07, 6.45) is 0. The van der Waals surface area contributed by atoms with Crippen molar-refractivity contribution in [1.82, 2.24) is 0 Å². The molecule has 1 aromatic heterocycles. The van der Waals surface area contributed by atoms with Gasteiger partial charge < -0.3 is 14.8 Å². The zero-order valence-corrected chi connectivity index (χ0v) is 18.8. The van der Waals surface area contributed by atoms with Gasteiger partial charge in [-0.1, -0.05) is 23.7 Å². The van der Waals surface area contributed by atoms with Crippen molar-refractivity contribution in [1.29, 1.82) is 0 Å². The Bertz CT molecular complexity index is 1160. The Morgan fingerprint density at radius 3 is 2.47 bits per heavy atom. The van der Waals surface area contributed by atoms with Crippen molar-refractivity contribution in [3.05, 3.63) is 74.1 Å². The summed E-state index contributed by atoms with van der Waals surface area (Å²) >= 11 is 7.24. The van der Waals surface area contributed by atoms with E-state index in [0.717, 1.165) is 4.88 Å².